The summed E-state index contributed by atoms with van der Waals surface area (Å²) in [5.41, 5.74) is 0.336. The molecule has 8 heteroatoms. The molecule has 2 aromatic carbocycles. The summed E-state index contributed by atoms with van der Waals surface area (Å²) < 4.78 is 25.2. The van der Waals surface area contributed by atoms with Crippen LogP contribution in [0.25, 0.3) is 0 Å². The summed E-state index contributed by atoms with van der Waals surface area (Å²) in [4.78, 5) is 33.0. The van der Waals surface area contributed by atoms with E-state index < -0.39 is 13.8 Å². The van der Waals surface area contributed by atoms with E-state index in [0.717, 1.165) is 6.42 Å². The first kappa shape index (κ1) is 18.0. The number of rotatable bonds is 7. The van der Waals surface area contributed by atoms with E-state index in [9.17, 15) is 19.1 Å². The number of hydrogen-bond donors (Lipinski definition) is 0. The molecule has 0 aliphatic carbocycles. The van der Waals surface area contributed by atoms with Crippen LogP contribution in [0.2, 0.25) is 0 Å². The van der Waals surface area contributed by atoms with Gasteiger partial charge in [-0.2, -0.15) is 0 Å². The Balaban J connectivity index is 1.97. The van der Waals surface area contributed by atoms with Crippen molar-refractivity contribution in [3.63, 3.8) is 0 Å². The van der Waals surface area contributed by atoms with E-state index in [1.807, 2.05) is 6.92 Å². The van der Waals surface area contributed by atoms with Gasteiger partial charge in [-0.15, -0.1) is 0 Å². The van der Waals surface area contributed by atoms with E-state index in [1.165, 1.54) is 24.3 Å². The van der Waals surface area contributed by atoms with Crippen LogP contribution in [0.1, 0.15) is 23.7 Å². The molecule has 0 radical (unpaired) electrons. The van der Waals surface area contributed by atoms with E-state index in [-0.39, 0.29) is 11.5 Å². The fourth-order valence-corrected chi connectivity index (χ4v) is 2.15. The van der Waals surface area contributed by atoms with E-state index in [2.05, 4.69) is 4.52 Å². The maximum Gasteiger partial charge on any atom is 0.343 e. The minimum atomic E-state index is -5.11. The van der Waals surface area contributed by atoms with Gasteiger partial charge in [-0.05, 0) is 55.0 Å². The zero-order chi connectivity index (χ0) is 17.6. The molecule has 7 nitrogen and oxygen atoms in total. The number of phosphoric acid groups is 1. The van der Waals surface area contributed by atoms with Crippen molar-refractivity contribution in [1.82, 2.24) is 0 Å². The summed E-state index contributed by atoms with van der Waals surface area (Å²) in [5.74, 6) is 0.115. The highest BCUT2D eigenvalue weighted by Gasteiger charge is 2.09. The lowest BCUT2D eigenvalue weighted by atomic mass is 10.2. The normalized spacial score (nSPS) is 11.0. The summed E-state index contributed by atoms with van der Waals surface area (Å²) >= 11 is 0. The van der Waals surface area contributed by atoms with E-state index >= 15 is 0 Å². The van der Waals surface area contributed by atoms with Crippen molar-refractivity contribution < 1.29 is 33.1 Å². The van der Waals surface area contributed by atoms with Gasteiger partial charge in [0.1, 0.15) is 25.1 Å². The predicted molar refractivity (Wildman–Crippen MR) is 81.9 cm³/mol. The highest BCUT2D eigenvalue weighted by Crippen LogP contribution is 2.30. The number of carbonyl (C=O) groups is 1. The van der Waals surface area contributed by atoms with Gasteiger partial charge in [-0.1, -0.05) is 6.92 Å². The van der Waals surface area contributed by atoms with Crippen molar-refractivity contribution in [3.05, 3.63) is 54.1 Å². The summed E-state index contributed by atoms with van der Waals surface area (Å²) in [5, 5.41) is 0. The third-order valence-corrected chi connectivity index (χ3v) is 3.25. The molecular formula is C16H15O7P-2. The molecule has 0 amide bonds. The Kier molecular flexibility index (Phi) is 5.98. The lowest BCUT2D eigenvalue weighted by molar-refractivity contribution is -0.333. The molecule has 0 heterocycles. The maximum absolute atomic E-state index is 12.0. The zero-order valence-electron chi connectivity index (χ0n) is 12.8. The van der Waals surface area contributed by atoms with E-state index in [0.29, 0.717) is 17.9 Å². The molecule has 0 aliphatic rings. The van der Waals surface area contributed by atoms with Crippen molar-refractivity contribution in [3.8, 4) is 17.2 Å². The van der Waals surface area contributed by atoms with Crippen LogP contribution in [0.15, 0.2) is 48.5 Å². The molecule has 0 fully saturated rings. The first-order chi connectivity index (χ1) is 11.4. The minimum absolute atomic E-state index is 0.152. The van der Waals surface area contributed by atoms with Crippen LogP contribution < -0.4 is 23.8 Å². The van der Waals surface area contributed by atoms with Gasteiger partial charge in [-0.3, -0.25) is 0 Å². The molecule has 0 saturated carbocycles. The average molecular weight is 350 g/mol. The largest absolute Gasteiger partial charge is 0.780 e. The number of hydrogen-bond acceptors (Lipinski definition) is 7. The number of ether oxygens (including phenoxy) is 2. The van der Waals surface area contributed by atoms with Crippen molar-refractivity contribution in [2.45, 2.75) is 13.3 Å². The lowest BCUT2D eigenvalue weighted by Gasteiger charge is -2.28. The molecule has 0 saturated heterocycles. The predicted octanol–water partition coefficient (Wildman–Crippen LogP) is 1.90. The molecule has 2 aromatic rings. The monoisotopic (exact) mass is 350 g/mol. The second-order valence-corrected chi connectivity index (χ2v) is 5.85. The number of phosphoric ester groups is 1. The van der Waals surface area contributed by atoms with E-state index in [4.69, 9.17) is 9.47 Å². The summed E-state index contributed by atoms with van der Waals surface area (Å²) in [6.07, 6.45) is 0.887. The molecule has 0 unspecified atom stereocenters. The van der Waals surface area contributed by atoms with Gasteiger partial charge in [0.2, 0.25) is 0 Å². The van der Waals surface area contributed by atoms with Gasteiger partial charge >= 0.3 is 5.97 Å². The molecule has 128 valence electrons. The van der Waals surface area contributed by atoms with Crippen LogP contribution in [-0.4, -0.2) is 12.6 Å². The molecule has 24 heavy (non-hydrogen) atoms. The summed E-state index contributed by atoms with van der Waals surface area (Å²) in [6.45, 7) is 2.59. The van der Waals surface area contributed by atoms with Crippen LogP contribution in [0, 0.1) is 0 Å². The number of carbonyl (C=O) groups excluding carboxylic acids is 1. The molecule has 0 aromatic heterocycles. The van der Waals surface area contributed by atoms with Crippen LogP contribution in [-0.2, 0) is 4.57 Å². The molecule has 0 spiro atoms. The fraction of sp³-hybridized carbons (Fsp3) is 0.188. The standard InChI is InChI=1S/C16H17O7P/c1-2-11-21-13-5-3-12(4-6-13)16(17)22-14-7-9-15(10-8-14)23-24(18,19)20/h3-10H,2,11H2,1H3,(H2,18,19,20)/p-2. The van der Waals surface area contributed by atoms with Crippen LogP contribution in [0.4, 0.5) is 0 Å². The van der Waals surface area contributed by atoms with Gasteiger partial charge in [0.05, 0.1) is 12.2 Å². The van der Waals surface area contributed by atoms with Gasteiger partial charge in [0.15, 0.2) is 0 Å². The van der Waals surface area contributed by atoms with Crippen molar-refractivity contribution >= 4 is 13.8 Å². The highest BCUT2D eigenvalue weighted by atomic mass is 31.2. The molecule has 0 N–H and O–H groups in total. The van der Waals surface area contributed by atoms with Crippen molar-refractivity contribution in [2.75, 3.05) is 6.61 Å². The maximum atomic E-state index is 12.0. The first-order valence-corrected chi connectivity index (χ1v) is 8.60. The molecular weight excluding hydrogens is 335 g/mol. The summed E-state index contributed by atoms with van der Waals surface area (Å²) in [7, 11) is -5.11. The van der Waals surface area contributed by atoms with Crippen molar-refractivity contribution in [2.24, 2.45) is 0 Å². The Morgan fingerprint density at radius 2 is 1.50 bits per heavy atom. The Morgan fingerprint density at radius 1 is 0.958 bits per heavy atom. The highest BCUT2D eigenvalue weighted by molar-refractivity contribution is 7.43. The first-order valence-electron chi connectivity index (χ1n) is 7.14. The minimum Gasteiger partial charge on any atom is -0.780 e. The molecule has 0 bridgehead atoms. The van der Waals surface area contributed by atoms with Crippen LogP contribution >= 0.6 is 7.82 Å². The van der Waals surface area contributed by atoms with E-state index in [1.54, 1.807) is 24.3 Å². The molecule has 2 rings (SSSR count). The Hall–Kier alpha value is -2.34. The van der Waals surface area contributed by atoms with Crippen molar-refractivity contribution in [1.29, 1.82) is 0 Å². The fourth-order valence-electron chi connectivity index (χ4n) is 1.77. The van der Waals surface area contributed by atoms with Gasteiger partial charge < -0.3 is 28.3 Å². The smallest absolute Gasteiger partial charge is 0.343 e. The van der Waals surface area contributed by atoms with Crippen LogP contribution in [0.5, 0.6) is 17.2 Å². The quantitative estimate of drug-likeness (QED) is 0.426. The topological polar surface area (TPSA) is 108 Å². The molecule has 0 aliphatic heterocycles. The zero-order valence-corrected chi connectivity index (χ0v) is 13.7. The number of esters is 1. The molecule has 0 atom stereocenters. The third-order valence-electron chi connectivity index (χ3n) is 2.81. The lowest BCUT2D eigenvalue weighted by Crippen LogP contribution is -2.18. The van der Waals surface area contributed by atoms with Gasteiger partial charge in [0, 0.05) is 0 Å². The van der Waals surface area contributed by atoms with Gasteiger partial charge in [-0.25, -0.2) is 4.79 Å². The SMILES string of the molecule is CCCOc1ccc(C(=O)Oc2ccc(OP(=O)([O-])[O-])cc2)cc1. The van der Waals surface area contributed by atoms with Crippen LogP contribution in [0.3, 0.4) is 0 Å². The third kappa shape index (κ3) is 5.70. The Morgan fingerprint density at radius 3 is 2.04 bits per heavy atom. The number of benzene rings is 2. The Labute approximate surface area is 139 Å². The Bertz CT molecular complexity index is 719. The second kappa shape index (κ2) is 7.97. The summed E-state index contributed by atoms with van der Waals surface area (Å²) in [6, 6.07) is 11.6. The van der Waals surface area contributed by atoms with Gasteiger partial charge in [0.25, 0.3) is 0 Å². The second-order valence-electron chi connectivity index (χ2n) is 4.77. The average Bonchev–Trinajstić information content (AvgIpc) is 2.54.